The quantitative estimate of drug-likeness (QED) is 0.706. The third-order valence-corrected chi connectivity index (χ3v) is 5.57. The van der Waals surface area contributed by atoms with E-state index in [9.17, 15) is 5.26 Å². The van der Waals surface area contributed by atoms with Gasteiger partial charge in [0.25, 0.3) is 0 Å². The predicted molar refractivity (Wildman–Crippen MR) is 88.0 cm³/mol. The van der Waals surface area contributed by atoms with Gasteiger partial charge in [0.05, 0.1) is 6.07 Å². The smallest absolute Gasteiger partial charge is 0.109 e. The van der Waals surface area contributed by atoms with Gasteiger partial charge in [0, 0.05) is 12.6 Å². The molecule has 120 valence electrons. The number of hydrogen-bond donors (Lipinski definition) is 1. The van der Waals surface area contributed by atoms with Crippen LogP contribution in [-0.2, 0) is 0 Å². The van der Waals surface area contributed by atoms with Crippen molar-refractivity contribution in [1.82, 2.24) is 10.2 Å². The van der Waals surface area contributed by atoms with Gasteiger partial charge in [-0.2, -0.15) is 5.26 Å². The molecule has 3 unspecified atom stereocenters. The second-order valence-corrected chi connectivity index (χ2v) is 7.29. The first-order chi connectivity index (χ1) is 10.1. The van der Waals surface area contributed by atoms with Crippen LogP contribution in [0.25, 0.3) is 0 Å². The molecule has 1 N–H and O–H groups in total. The Morgan fingerprint density at radius 1 is 1.33 bits per heavy atom. The number of nitrogens with zero attached hydrogens (tertiary/aromatic N) is 2. The van der Waals surface area contributed by atoms with E-state index in [4.69, 9.17) is 0 Å². The molecule has 0 aromatic carbocycles. The zero-order valence-corrected chi connectivity index (χ0v) is 14.2. The highest BCUT2D eigenvalue weighted by molar-refractivity contribution is 5.16. The summed E-state index contributed by atoms with van der Waals surface area (Å²) in [5, 5.41) is 13.4. The number of nitrogens with one attached hydrogen (secondary N) is 1. The molecule has 0 aromatic heterocycles. The lowest BCUT2D eigenvalue weighted by molar-refractivity contribution is 0.206. The Morgan fingerprint density at radius 2 is 2.10 bits per heavy atom. The van der Waals surface area contributed by atoms with Crippen LogP contribution in [-0.4, -0.2) is 36.1 Å². The summed E-state index contributed by atoms with van der Waals surface area (Å²) < 4.78 is 0. The lowest BCUT2D eigenvalue weighted by atomic mass is 9.85. The first-order valence-corrected chi connectivity index (χ1v) is 9.04. The van der Waals surface area contributed by atoms with Crippen LogP contribution in [0.3, 0.4) is 0 Å². The lowest BCUT2D eigenvalue weighted by Crippen LogP contribution is -2.49. The van der Waals surface area contributed by atoms with Crippen molar-refractivity contribution in [1.29, 1.82) is 5.26 Å². The Morgan fingerprint density at radius 3 is 2.67 bits per heavy atom. The number of nitriles is 1. The highest BCUT2D eigenvalue weighted by atomic mass is 15.1. The van der Waals surface area contributed by atoms with E-state index in [0.29, 0.717) is 12.0 Å². The van der Waals surface area contributed by atoms with E-state index in [0.717, 1.165) is 25.4 Å². The molecule has 0 heterocycles. The molecule has 0 aromatic rings. The molecule has 0 radical (unpaired) electrons. The zero-order valence-electron chi connectivity index (χ0n) is 14.2. The highest BCUT2D eigenvalue weighted by Gasteiger charge is 2.45. The molecule has 21 heavy (non-hydrogen) atoms. The molecule has 2 saturated carbocycles. The number of hydrogen-bond acceptors (Lipinski definition) is 3. The lowest BCUT2D eigenvalue weighted by Gasteiger charge is -2.32. The maximum atomic E-state index is 9.74. The van der Waals surface area contributed by atoms with Crippen LogP contribution in [0, 0.1) is 23.2 Å². The summed E-state index contributed by atoms with van der Waals surface area (Å²) in [6.45, 7) is 10.4. The fraction of sp³-hybridized carbons (Fsp3) is 0.944. The van der Waals surface area contributed by atoms with Gasteiger partial charge in [-0.15, -0.1) is 0 Å². The molecular weight excluding hydrogens is 258 g/mol. The monoisotopic (exact) mass is 291 g/mol. The van der Waals surface area contributed by atoms with Gasteiger partial charge in [-0.1, -0.05) is 33.6 Å². The van der Waals surface area contributed by atoms with E-state index in [1.165, 1.54) is 45.1 Å². The molecule has 0 aliphatic heterocycles. The standard InChI is InChI=1S/C18H33N3/c1-4-15(3)13-21(5-2)12-10-16-7-6-11-18(16,14-19)20-17-8-9-17/h15-17,20H,4-13H2,1-3H3. The van der Waals surface area contributed by atoms with Gasteiger partial charge >= 0.3 is 0 Å². The first-order valence-electron chi connectivity index (χ1n) is 9.04. The maximum absolute atomic E-state index is 9.74. The Bertz CT molecular complexity index is 358. The van der Waals surface area contributed by atoms with Crippen LogP contribution in [0.2, 0.25) is 0 Å². The van der Waals surface area contributed by atoms with E-state index >= 15 is 0 Å². The van der Waals surface area contributed by atoms with Gasteiger partial charge in [-0.3, -0.25) is 5.32 Å². The highest BCUT2D eigenvalue weighted by Crippen LogP contribution is 2.40. The van der Waals surface area contributed by atoms with Crippen LogP contribution < -0.4 is 5.32 Å². The summed E-state index contributed by atoms with van der Waals surface area (Å²) in [4.78, 5) is 2.58. The second kappa shape index (κ2) is 7.61. The van der Waals surface area contributed by atoms with Crippen molar-refractivity contribution in [3.05, 3.63) is 0 Å². The van der Waals surface area contributed by atoms with Gasteiger partial charge in [-0.05, 0) is 57.0 Å². The van der Waals surface area contributed by atoms with Gasteiger partial charge < -0.3 is 4.90 Å². The van der Waals surface area contributed by atoms with E-state index in [1.54, 1.807) is 0 Å². The van der Waals surface area contributed by atoms with Crippen molar-refractivity contribution in [2.45, 2.75) is 77.3 Å². The van der Waals surface area contributed by atoms with Crippen LogP contribution in [0.5, 0.6) is 0 Å². The number of rotatable bonds is 9. The predicted octanol–water partition coefficient (Wildman–Crippen LogP) is 3.56. The SMILES string of the molecule is CCC(C)CN(CC)CCC1CCCC1(C#N)NC1CC1. The third kappa shape index (κ3) is 4.44. The Balaban J connectivity index is 1.86. The minimum atomic E-state index is -0.211. The van der Waals surface area contributed by atoms with Gasteiger partial charge in [0.2, 0.25) is 0 Å². The van der Waals surface area contributed by atoms with E-state index in [-0.39, 0.29) is 5.54 Å². The molecule has 3 heteroatoms. The summed E-state index contributed by atoms with van der Waals surface area (Å²) in [7, 11) is 0. The third-order valence-electron chi connectivity index (χ3n) is 5.57. The topological polar surface area (TPSA) is 39.1 Å². The molecule has 0 spiro atoms. The average Bonchev–Trinajstić information content (AvgIpc) is 3.22. The summed E-state index contributed by atoms with van der Waals surface area (Å²) in [5.74, 6) is 1.33. The molecule has 2 rings (SSSR count). The van der Waals surface area contributed by atoms with E-state index in [1.807, 2.05) is 0 Å². The van der Waals surface area contributed by atoms with Crippen LogP contribution >= 0.6 is 0 Å². The Labute approximate surface area is 131 Å². The average molecular weight is 291 g/mol. The fourth-order valence-corrected chi connectivity index (χ4v) is 3.72. The zero-order chi connectivity index (χ0) is 15.3. The van der Waals surface area contributed by atoms with E-state index in [2.05, 4.69) is 37.1 Å². The van der Waals surface area contributed by atoms with E-state index < -0.39 is 0 Å². The molecule has 0 amide bonds. The van der Waals surface area contributed by atoms with Gasteiger partial charge in [0.15, 0.2) is 0 Å². The molecule has 2 fully saturated rings. The largest absolute Gasteiger partial charge is 0.303 e. The molecule has 2 aliphatic rings. The van der Waals surface area contributed by atoms with Crippen molar-refractivity contribution in [2.75, 3.05) is 19.6 Å². The second-order valence-electron chi connectivity index (χ2n) is 7.29. The van der Waals surface area contributed by atoms with Crippen molar-refractivity contribution in [3.8, 4) is 6.07 Å². The first kappa shape index (κ1) is 16.8. The van der Waals surface area contributed by atoms with Crippen LogP contribution in [0.15, 0.2) is 0 Å². The van der Waals surface area contributed by atoms with Crippen molar-refractivity contribution >= 4 is 0 Å². The molecular formula is C18H33N3. The Kier molecular flexibility index (Phi) is 6.08. The summed E-state index contributed by atoms with van der Waals surface area (Å²) in [5.41, 5.74) is -0.211. The van der Waals surface area contributed by atoms with Crippen molar-refractivity contribution < 1.29 is 0 Å². The summed E-state index contributed by atoms with van der Waals surface area (Å²) >= 11 is 0. The van der Waals surface area contributed by atoms with Crippen molar-refractivity contribution in [3.63, 3.8) is 0 Å². The molecule has 3 atom stereocenters. The van der Waals surface area contributed by atoms with Gasteiger partial charge in [0.1, 0.15) is 5.54 Å². The maximum Gasteiger partial charge on any atom is 0.109 e. The van der Waals surface area contributed by atoms with Gasteiger partial charge in [-0.25, -0.2) is 0 Å². The van der Waals surface area contributed by atoms with Crippen molar-refractivity contribution in [2.24, 2.45) is 11.8 Å². The summed E-state index contributed by atoms with van der Waals surface area (Å²) in [6.07, 6.45) is 8.48. The Hall–Kier alpha value is -0.590. The normalized spacial score (nSPS) is 30.5. The molecule has 2 aliphatic carbocycles. The minimum absolute atomic E-state index is 0.211. The van der Waals surface area contributed by atoms with Crippen LogP contribution in [0.4, 0.5) is 0 Å². The minimum Gasteiger partial charge on any atom is -0.303 e. The summed E-state index contributed by atoms with van der Waals surface area (Å²) in [6, 6.07) is 3.29. The molecule has 0 saturated heterocycles. The fourth-order valence-electron chi connectivity index (χ4n) is 3.72. The molecule has 0 bridgehead atoms. The van der Waals surface area contributed by atoms with Crippen LogP contribution in [0.1, 0.15) is 65.7 Å². The molecule has 3 nitrogen and oxygen atoms in total.